The van der Waals surface area contributed by atoms with E-state index in [-0.39, 0.29) is 36.7 Å². The maximum atomic E-state index is 14.1. The quantitative estimate of drug-likeness (QED) is 0.239. The van der Waals surface area contributed by atoms with Gasteiger partial charge in [0.1, 0.15) is 11.8 Å². The third-order valence-corrected chi connectivity index (χ3v) is 8.24. The van der Waals surface area contributed by atoms with Gasteiger partial charge in [-0.15, -0.1) is 0 Å². The fraction of sp³-hybridized carbons (Fsp3) is 0.400. The number of carbonyl (C=O) groups is 3. The van der Waals surface area contributed by atoms with Gasteiger partial charge in [0.05, 0.1) is 32.8 Å². The summed E-state index contributed by atoms with van der Waals surface area (Å²) in [5, 5.41) is 6.48. The molecule has 3 amide bonds. The Balaban J connectivity index is 1.20. The van der Waals surface area contributed by atoms with Crippen molar-refractivity contribution in [2.45, 2.75) is 57.8 Å². The topological polar surface area (TPSA) is 100 Å². The van der Waals surface area contributed by atoms with Crippen molar-refractivity contribution < 1.29 is 23.9 Å². The fourth-order valence-corrected chi connectivity index (χ4v) is 5.64. The van der Waals surface area contributed by atoms with Crippen molar-refractivity contribution in [3.8, 4) is 5.75 Å². The van der Waals surface area contributed by atoms with Gasteiger partial charge in [0.2, 0.25) is 17.7 Å². The molecule has 0 radical (unpaired) electrons. The molecule has 0 aromatic heterocycles. The van der Waals surface area contributed by atoms with Gasteiger partial charge in [-0.1, -0.05) is 54.1 Å². The number of halogens is 1. The lowest BCUT2D eigenvalue weighted by Crippen LogP contribution is -2.61. The van der Waals surface area contributed by atoms with Crippen LogP contribution in [0.1, 0.15) is 42.9 Å². The third kappa shape index (κ3) is 9.06. The number of benzene rings is 3. The molecule has 0 spiro atoms. The summed E-state index contributed by atoms with van der Waals surface area (Å²) in [6.07, 6.45) is 2.79. The number of likely N-dealkylation sites (N-methyl/N-ethyl adjacent to an activating group) is 1. The van der Waals surface area contributed by atoms with Gasteiger partial charge in [-0.2, -0.15) is 0 Å². The highest BCUT2D eigenvalue weighted by atomic mass is 35.5. The molecule has 238 valence electrons. The minimum Gasteiger partial charge on any atom is -0.494 e. The van der Waals surface area contributed by atoms with E-state index in [0.29, 0.717) is 55.9 Å². The minimum atomic E-state index is -0.697. The summed E-state index contributed by atoms with van der Waals surface area (Å²) in [5.41, 5.74) is 3.41. The zero-order valence-corrected chi connectivity index (χ0v) is 26.4. The van der Waals surface area contributed by atoms with E-state index >= 15 is 0 Å². The van der Waals surface area contributed by atoms with Gasteiger partial charge in [-0.05, 0) is 66.8 Å². The largest absolute Gasteiger partial charge is 0.494 e. The lowest BCUT2D eigenvalue weighted by atomic mass is 10.1. The summed E-state index contributed by atoms with van der Waals surface area (Å²) in [5.74, 6) is 0.335. The Labute approximate surface area is 269 Å². The maximum absolute atomic E-state index is 14.1. The third-order valence-electron chi connectivity index (χ3n) is 7.87. The highest BCUT2D eigenvalue weighted by Gasteiger charge is 2.41. The molecule has 1 atom stereocenters. The van der Waals surface area contributed by atoms with Crippen molar-refractivity contribution in [1.82, 2.24) is 15.5 Å². The molecule has 0 unspecified atom stereocenters. The first-order valence-electron chi connectivity index (χ1n) is 15.6. The number of carbonyl (C=O) groups excluding carboxylic acids is 3. The van der Waals surface area contributed by atoms with Crippen molar-refractivity contribution in [2.75, 3.05) is 37.7 Å². The monoisotopic (exact) mass is 632 g/mol. The van der Waals surface area contributed by atoms with Crippen molar-refractivity contribution >= 4 is 35.0 Å². The first kappa shape index (κ1) is 32.5. The van der Waals surface area contributed by atoms with E-state index in [2.05, 4.69) is 10.6 Å². The summed E-state index contributed by atoms with van der Waals surface area (Å²) < 4.78 is 11.6. The van der Waals surface area contributed by atoms with Gasteiger partial charge in [0, 0.05) is 42.8 Å². The molecule has 3 aromatic carbocycles. The van der Waals surface area contributed by atoms with Crippen LogP contribution in [-0.2, 0) is 38.7 Å². The average molecular weight is 633 g/mol. The second-order valence-electron chi connectivity index (χ2n) is 11.4. The predicted molar refractivity (Wildman–Crippen MR) is 174 cm³/mol. The lowest BCUT2D eigenvalue weighted by Gasteiger charge is -2.38. The van der Waals surface area contributed by atoms with Crippen LogP contribution < -0.4 is 20.3 Å². The van der Waals surface area contributed by atoms with Crippen LogP contribution in [0, 0.1) is 0 Å². The van der Waals surface area contributed by atoms with E-state index in [1.54, 1.807) is 11.0 Å². The average Bonchev–Trinajstić information content (AvgIpc) is 3.89. The van der Waals surface area contributed by atoms with Crippen molar-refractivity contribution in [3.05, 3.63) is 94.5 Å². The van der Waals surface area contributed by atoms with Crippen LogP contribution in [0.3, 0.4) is 0 Å². The molecule has 1 aliphatic heterocycles. The molecule has 1 aliphatic carbocycles. The van der Waals surface area contributed by atoms with Crippen LogP contribution in [0.2, 0.25) is 5.02 Å². The molecule has 2 aliphatic rings. The standard InChI is InChI=1S/C35H41ClN4O5/c1-2-38-33(41)20-26-9-16-31(36)27(19-26)23-39(28-10-11-28)35(43)32-21-37-22-34(42)40(32)29-12-14-30(15-13-29)45-18-6-17-44-24-25-7-4-3-5-8-25/h3-5,7-9,12-16,19,28,32,37H,2,6,10-11,17-18,20-24H2,1H3,(H,38,41)/t32-/m1/s1. The van der Waals surface area contributed by atoms with Gasteiger partial charge in [-0.3, -0.25) is 19.3 Å². The Hall–Kier alpha value is -3.92. The molecular formula is C35H41ClN4O5. The summed E-state index contributed by atoms with van der Waals surface area (Å²) in [6, 6.07) is 22.3. The number of anilines is 1. The number of hydrogen-bond donors (Lipinski definition) is 2. The Kier molecular flexibility index (Phi) is 11.5. The van der Waals surface area contributed by atoms with Crippen LogP contribution in [0.5, 0.6) is 5.75 Å². The number of amides is 3. The fourth-order valence-electron chi connectivity index (χ4n) is 5.46. The van der Waals surface area contributed by atoms with E-state index < -0.39 is 6.04 Å². The summed E-state index contributed by atoms with van der Waals surface area (Å²) >= 11 is 6.57. The van der Waals surface area contributed by atoms with Crippen LogP contribution in [-0.4, -0.2) is 67.6 Å². The first-order valence-corrected chi connectivity index (χ1v) is 16.0. The first-order chi connectivity index (χ1) is 21.9. The summed E-state index contributed by atoms with van der Waals surface area (Å²) in [6.45, 7) is 4.93. The number of nitrogens with one attached hydrogen (secondary N) is 2. The smallest absolute Gasteiger partial charge is 0.247 e. The van der Waals surface area contributed by atoms with Crippen molar-refractivity contribution in [1.29, 1.82) is 0 Å². The molecule has 45 heavy (non-hydrogen) atoms. The zero-order chi connectivity index (χ0) is 31.6. The SMILES string of the molecule is CCNC(=O)Cc1ccc(Cl)c(CN(C(=O)[C@H]2CNCC(=O)N2c2ccc(OCCCOCc3ccccc3)cc2)C2CC2)c1. The molecule has 9 nitrogen and oxygen atoms in total. The van der Waals surface area contributed by atoms with Gasteiger partial charge in [0.25, 0.3) is 0 Å². The van der Waals surface area contributed by atoms with Gasteiger partial charge < -0.3 is 25.0 Å². The van der Waals surface area contributed by atoms with E-state index in [9.17, 15) is 14.4 Å². The Morgan fingerprint density at radius 1 is 1.02 bits per heavy atom. The summed E-state index contributed by atoms with van der Waals surface area (Å²) in [7, 11) is 0. The van der Waals surface area contributed by atoms with E-state index in [4.69, 9.17) is 21.1 Å². The Morgan fingerprint density at radius 3 is 2.53 bits per heavy atom. The lowest BCUT2D eigenvalue weighted by molar-refractivity contribution is -0.136. The predicted octanol–water partition coefficient (Wildman–Crippen LogP) is 4.50. The van der Waals surface area contributed by atoms with E-state index in [0.717, 1.165) is 36.0 Å². The van der Waals surface area contributed by atoms with Crippen LogP contribution in [0.15, 0.2) is 72.8 Å². The molecule has 1 saturated carbocycles. The Morgan fingerprint density at radius 2 is 1.80 bits per heavy atom. The minimum absolute atomic E-state index is 0.0624. The number of hydrogen-bond acceptors (Lipinski definition) is 6. The van der Waals surface area contributed by atoms with Gasteiger partial charge in [0.15, 0.2) is 0 Å². The molecule has 10 heteroatoms. The molecule has 1 heterocycles. The van der Waals surface area contributed by atoms with Gasteiger partial charge >= 0.3 is 0 Å². The van der Waals surface area contributed by atoms with Crippen molar-refractivity contribution in [3.63, 3.8) is 0 Å². The molecule has 0 bridgehead atoms. The highest BCUT2D eigenvalue weighted by Crippen LogP contribution is 2.33. The second-order valence-corrected chi connectivity index (χ2v) is 11.8. The molecule has 1 saturated heterocycles. The number of rotatable bonds is 15. The van der Waals surface area contributed by atoms with Crippen LogP contribution in [0.4, 0.5) is 5.69 Å². The molecular weight excluding hydrogens is 592 g/mol. The van der Waals surface area contributed by atoms with Crippen LogP contribution in [0.25, 0.3) is 0 Å². The van der Waals surface area contributed by atoms with E-state index in [1.165, 1.54) is 0 Å². The molecule has 3 aromatic rings. The number of piperazine rings is 1. The van der Waals surface area contributed by atoms with E-state index in [1.807, 2.05) is 78.6 Å². The maximum Gasteiger partial charge on any atom is 0.247 e. The number of nitrogens with zero attached hydrogens (tertiary/aromatic N) is 2. The van der Waals surface area contributed by atoms with Crippen molar-refractivity contribution in [2.24, 2.45) is 0 Å². The highest BCUT2D eigenvalue weighted by molar-refractivity contribution is 6.31. The zero-order valence-electron chi connectivity index (χ0n) is 25.7. The molecule has 2 fully saturated rings. The second kappa shape index (κ2) is 15.9. The van der Waals surface area contributed by atoms with Crippen LogP contribution >= 0.6 is 11.6 Å². The Bertz CT molecular complexity index is 1450. The number of ether oxygens (including phenoxy) is 2. The molecule has 5 rings (SSSR count). The normalized spacial score (nSPS) is 16.4. The summed E-state index contributed by atoms with van der Waals surface area (Å²) in [4.78, 5) is 42.9. The molecule has 2 N–H and O–H groups in total. The van der Waals surface area contributed by atoms with Gasteiger partial charge in [-0.25, -0.2) is 0 Å².